The third-order valence-electron chi connectivity index (χ3n) is 5.00. The Morgan fingerprint density at radius 3 is 2.41 bits per heavy atom. The highest BCUT2D eigenvalue weighted by Gasteiger charge is 2.31. The lowest BCUT2D eigenvalue weighted by Crippen LogP contribution is -2.78. The van der Waals surface area contributed by atoms with E-state index in [9.17, 15) is 9.35 Å². The monoisotopic (exact) mass is 408 g/mol. The molecule has 27 heavy (non-hydrogen) atoms. The number of aromatic carboxylic acids is 1. The van der Waals surface area contributed by atoms with Gasteiger partial charge in [-0.15, -0.1) is 0 Å². The van der Waals surface area contributed by atoms with Crippen molar-refractivity contribution >= 4 is 35.7 Å². The second-order valence-corrected chi connectivity index (χ2v) is 7.91. The summed E-state index contributed by atoms with van der Waals surface area (Å²) < 4.78 is 18.4. The van der Waals surface area contributed by atoms with E-state index in [-0.39, 0.29) is 11.0 Å². The van der Waals surface area contributed by atoms with Gasteiger partial charge in [0.15, 0.2) is 0 Å². The van der Waals surface area contributed by atoms with Crippen LogP contribution in [0.15, 0.2) is 47.4 Å². The lowest BCUT2D eigenvalue weighted by Gasteiger charge is -2.31. The summed E-state index contributed by atoms with van der Waals surface area (Å²) in [4.78, 5) is 11.9. The number of hydrogen-bond donors (Lipinski definition) is 4. The van der Waals surface area contributed by atoms with Crippen LogP contribution in [0.4, 0.5) is 5.69 Å². The predicted molar refractivity (Wildman–Crippen MR) is 111 cm³/mol. The first-order valence-electron chi connectivity index (χ1n) is 8.85. The molecule has 5 nitrogen and oxygen atoms in total. The third-order valence-corrected chi connectivity index (χ3v) is 5.94. The van der Waals surface area contributed by atoms with Gasteiger partial charge >= 0.3 is 5.97 Å². The summed E-state index contributed by atoms with van der Waals surface area (Å²) in [6.07, 6.45) is 1.71. The van der Waals surface area contributed by atoms with Gasteiger partial charge in [-0.3, -0.25) is 0 Å². The molecule has 2 aromatic carbocycles. The molecule has 5 N–H and O–H groups in total. The highest BCUT2D eigenvalue weighted by atomic mass is 32.2. The van der Waals surface area contributed by atoms with Crippen LogP contribution in [-0.4, -0.2) is 32.5 Å². The van der Waals surface area contributed by atoms with Gasteiger partial charge in [-0.1, -0.05) is 26.0 Å². The molecule has 0 aliphatic carbocycles. The zero-order chi connectivity index (χ0) is 19.9. The first kappa shape index (κ1) is 21.8. The van der Waals surface area contributed by atoms with E-state index in [1.807, 2.05) is 30.3 Å². The average molecular weight is 409 g/mol. The van der Waals surface area contributed by atoms with Gasteiger partial charge in [-0.2, -0.15) is 0 Å². The predicted octanol–water partition coefficient (Wildman–Crippen LogP) is 4.46. The van der Waals surface area contributed by atoms with E-state index in [0.717, 1.165) is 65.2 Å². The lowest BCUT2D eigenvalue weighted by molar-refractivity contribution is -0.572. The summed E-state index contributed by atoms with van der Waals surface area (Å²) in [5, 5.41) is 11.3. The van der Waals surface area contributed by atoms with E-state index >= 15 is 0 Å². The Hall–Kier alpha value is -1.51. The average Bonchev–Trinajstić information content (AvgIpc) is 2.70. The first-order valence-corrected chi connectivity index (χ1v) is 10.6. The summed E-state index contributed by atoms with van der Waals surface area (Å²) in [6.45, 7) is 5.10. The van der Waals surface area contributed by atoms with Crippen LogP contribution in [0, 0.1) is 0 Å². The molecular weight excluding hydrogens is 382 g/mol. The van der Waals surface area contributed by atoms with Crippen LogP contribution >= 0.6 is 24.1 Å². The molecule has 0 radical (unpaired) electrons. The van der Waals surface area contributed by atoms with Gasteiger partial charge < -0.3 is 19.5 Å². The molecule has 0 fully saturated rings. The Bertz CT molecular complexity index is 767. The fraction of sp³-hybridized carbons (Fsp3) is 0.350. The molecule has 2 aromatic rings. The van der Waals surface area contributed by atoms with E-state index in [1.165, 1.54) is 0 Å². The van der Waals surface area contributed by atoms with E-state index < -0.39 is 5.97 Å². The van der Waals surface area contributed by atoms with E-state index in [0.29, 0.717) is 5.75 Å². The highest BCUT2D eigenvalue weighted by Crippen LogP contribution is 2.39. The van der Waals surface area contributed by atoms with Gasteiger partial charge in [0.1, 0.15) is 5.69 Å². The summed E-state index contributed by atoms with van der Waals surface area (Å²) in [5.74, 6) is -0.243. The Kier molecular flexibility index (Phi) is 8.19. The normalized spacial score (nSPS) is 13.3. The maximum absolute atomic E-state index is 11.2. The van der Waals surface area contributed by atoms with Crippen LogP contribution in [0.1, 0.15) is 48.2 Å². The maximum atomic E-state index is 11.2. The van der Waals surface area contributed by atoms with Crippen molar-refractivity contribution in [1.29, 1.82) is 0 Å². The summed E-state index contributed by atoms with van der Waals surface area (Å²) in [7, 11) is 0. The molecule has 1 atom stereocenters. The Morgan fingerprint density at radius 2 is 1.85 bits per heavy atom. The lowest BCUT2D eigenvalue weighted by atomic mass is 9.73. The molecule has 0 saturated carbocycles. The number of quaternary nitrogens is 1. The fourth-order valence-electron chi connectivity index (χ4n) is 3.18. The van der Waals surface area contributed by atoms with Crippen molar-refractivity contribution in [2.75, 3.05) is 12.3 Å². The number of nitrogens with two attached hydrogens (primary N) is 1. The summed E-state index contributed by atoms with van der Waals surface area (Å²) in [5.41, 5.74) is 3.19. The fourth-order valence-corrected chi connectivity index (χ4v) is 3.78. The topological polar surface area (TPSA) is 94.4 Å². The van der Waals surface area contributed by atoms with Crippen molar-refractivity contribution in [2.24, 2.45) is 0 Å². The minimum atomic E-state index is -0.936. The standard InChI is InChI=1S/C20H25NO4S2/c1-3-20(2,15-7-5-14(6-8-15)19(22)23)17-13-16(27-25)9-10-18(17)21-11-4-12-26-24/h5-10,13,21,24-25H,3-4,11-12H2,1-2H3,(H,22,23)/p+1. The molecule has 2 rings (SSSR count). The quantitative estimate of drug-likeness (QED) is 0.263. The number of rotatable bonds is 10. The van der Waals surface area contributed by atoms with Crippen molar-refractivity contribution in [2.45, 2.75) is 37.0 Å². The number of benzene rings is 2. The maximum Gasteiger partial charge on any atom is 0.335 e. The molecule has 0 spiro atoms. The highest BCUT2D eigenvalue weighted by molar-refractivity contribution is 7.93. The zero-order valence-electron chi connectivity index (χ0n) is 15.5. The van der Waals surface area contributed by atoms with Gasteiger partial charge in [0, 0.05) is 46.2 Å². The van der Waals surface area contributed by atoms with Crippen molar-refractivity contribution in [3.05, 3.63) is 59.2 Å². The van der Waals surface area contributed by atoms with Crippen molar-refractivity contribution in [3.63, 3.8) is 0 Å². The molecule has 0 bridgehead atoms. The molecule has 0 aromatic heterocycles. The molecule has 146 valence electrons. The Balaban J connectivity index is 2.44. The van der Waals surface area contributed by atoms with Gasteiger partial charge in [0.2, 0.25) is 0 Å². The van der Waals surface area contributed by atoms with Gasteiger partial charge in [-0.05, 0) is 48.3 Å². The molecule has 0 aliphatic rings. The van der Waals surface area contributed by atoms with Crippen molar-refractivity contribution < 1.29 is 24.3 Å². The Morgan fingerprint density at radius 1 is 1.15 bits per heavy atom. The van der Waals surface area contributed by atoms with E-state index in [1.54, 1.807) is 12.1 Å². The number of carboxylic acid groups (broad SMARTS) is 1. The van der Waals surface area contributed by atoms with Gasteiger partial charge in [0.25, 0.3) is 0 Å². The molecule has 7 heteroatoms. The first-order chi connectivity index (χ1) is 13.0. The molecule has 1 unspecified atom stereocenters. The SMILES string of the molecule is CCC(C)(c1ccc(C(=O)O)cc1)c1cc(SO)ccc1[NH2+]CCCSO. The second kappa shape index (κ2) is 10.1. The number of carboxylic acids is 1. The van der Waals surface area contributed by atoms with Crippen molar-refractivity contribution in [1.82, 2.24) is 0 Å². The van der Waals surface area contributed by atoms with Crippen LogP contribution in [0.2, 0.25) is 0 Å². The van der Waals surface area contributed by atoms with Crippen LogP contribution in [0.25, 0.3) is 0 Å². The molecule has 0 heterocycles. The number of hydrogen-bond acceptors (Lipinski definition) is 5. The molecule has 0 amide bonds. The van der Waals surface area contributed by atoms with Gasteiger partial charge in [-0.25, -0.2) is 4.79 Å². The van der Waals surface area contributed by atoms with E-state index in [2.05, 4.69) is 19.2 Å². The smallest absolute Gasteiger partial charge is 0.335 e. The Labute approximate surface area is 168 Å². The minimum Gasteiger partial charge on any atom is -0.478 e. The second-order valence-electron chi connectivity index (χ2n) is 6.59. The summed E-state index contributed by atoms with van der Waals surface area (Å²) >= 11 is 1.58. The van der Waals surface area contributed by atoms with Gasteiger partial charge in [0.05, 0.1) is 12.1 Å². The van der Waals surface area contributed by atoms with Crippen LogP contribution < -0.4 is 5.32 Å². The van der Waals surface area contributed by atoms with Crippen LogP contribution in [-0.2, 0) is 5.41 Å². The molecule has 0 aliphatic heterocycles. The zero-order valence-corrected chi connectivity index (χ0v) is 17.1. The number of carbonyl (C=O) groups is 1. The molecular formula is C20H26NO4S2+. The summed E-state index contributed by atoms with van der Waals surface area (Å²) in [6, 6.07) is 12.9. The van der Waals surface area contributed by atoms with E-state index in [4.69, 9.17) is 9.66 Å². The molecule has 0 saturated heterocycles. The third kappa shape index (κ3) is 5.27. The van der Waals surface area contributed by atoms with Crippen molar-refractivity contribution in [3.8, 4) is 0 Å². The van der Waals surface area contributed by atoms with Crippen LogP contribution in [0.3, 0.4) is 0 Å². The largest absolute Gasteiger partial charge is 0.478 e. The van der Waals surface area contributed by atoms with Crippen LogP contribution in [0.5, 0.6) is 0 Å². The minimum absolute atomic E-state index is 0.269.